The second kappa shape index (κ2) is 6.92. The molecule has 0 spiro atoms. The lowest BCUT2D eigenvalue weighted by atomic mass is 9.80. The van der Waals surface area contributed by atoms with Gasteiger partial charge in [-0.05, 0) is 63.5 Å². The van der Waals surface area contributed by atoms with Crippen LogP contribution in [-0.4, -0.2) is 43.4 Å². The van der Waals surface area contributed by atoms with E-state index in [4.69, 9.17) is 4.74 Å². The Bertz CT molecular complexity index is 369. The highest BCUT2D eigenvalue weighted by Gasteiger charge is 2.26. The Hall–Kier alpha value is -1.06. The molecule has 0 radical (unpaired) electrons. The molecule has 2 rings (SSSR count). The molecule has 1 fully saturated rings. The van der Waals surface area contributed by atoms with Gasteiger partial charge in [-0.25, -0.2) is 0 Å². The molecule has 3 nitrogen and oxygen atoms in total. The molecule has 1 aliphatic heterocycles. The van der Waals surface area contributed by atoms with Crippen LogP contribution in [0.25, 0.3) is 0 Å². The fourth-order valence-corrected chi connectivity index (χ4v) is 2.94. The molecule has 1 unspecified atom stereocenters. The highest BCUT2D eigenvalue weighted by molar-refractivity contribution is 5.30. The molecular formula is C16H25NO2. The third-order valence-electron chi connectivity index (χ3n) is 4.15. The van der Waals surface area contributed by atoms with Gasteiger partial charge < -0.3 is 14.7 Å². The minimum Gasteiger partial charge on any atom is -0.494 e. The lowest BCUT2D eigenvalue weighted by Crippen LogP contribution is -2.33. The number of likely N-dealkylation sites (tertiary alicyclic amines) is 1. The van der Waals surface area contributed by atoms with Crippen molar-refractivity contribution < 1.29 is 9.84 Å². The first kappa shape index (κ1) is 14.4. The fraction of sp³-hybridized carbons (Fsp3) is 0.625. The second-order valence-corrected chi connectivity index (χ2v) is 5.43. The van der Waals surface area contributed by atoms with Crippen molar-refractivity contribution in [1.29, 1.82) is 0 Å². The molecule has 106 valence electrons. The first-order valence-corrected chi connectivity index (χ1v) is 7.26. The van der Waals surface area contributed by atoms with Gasteiger partial charge in [0.2, 0.25) is 0 Å². The number of nitrogens with zero attached hydrogens (tertiary/aromatic N) is 1. The maximum Gasteiger partial charge on any atom is 0.119 e. The second-order valence-electron chi connectivity index (χ2n) is 5.43. The van der Waals surface area contributed by atoms with Crippen molar-refractivity contribution in [1.82, 2.24) is 4.90 Å². The molecule has 19 heavy (non-hydrogen) atoms. The van der Waals surface area contributed by atoms with Crippen molar-refractivity contribution in [2.75, 3.05) is 33.4 Å². The van der Waals surface area contributed by atoms with Crippen LogP contribution in [-0.2, 0) is 0 Å². The van der Waals surface area contributed by atoms with Crippen LogP contribution in [0.5, 0.6) is 5.75 Å². The van der Waals surface area contributed by atoms with Gasteiger partial charge in [0.25, 0.3) is 0 Å². The molecule has 0 amide bonds. The maximum atomic E-state index is 9.73. The molecule has 3 heteroatoms. The van der Waals surface area contributed by atoms with Crippen molar-refractivity contribution in [2.24, 2.45) is 5.92 Å². The summed E-state index contributed by atoms with van der Waals surface area (Å²) in [5, 5.41) is 9.73. The largest absolute Gasteiger partial charge is 0.494 e. The quantitative estimate of drug-likeness (QED) is 0.886. The zero-order chi connectivity index (χ0) is 13.7. The smallest absolute Gasteiger partial charge is 0.119 e. The van der Waals surface area contributed by atoms with Gasteiger partial charge in [-0.1, -0.05) is 12.1 Å². The number of piperidine rings is 1. The molecule has 1 atom stereocenters. The third kappa shape index (κ3) is 3.71. The van der Waals surface area contributed by atoms with E-state index in [1.165, 1.54) is 18.4 Å². The van der Waals surface area contributed by atoms with Crippen LogP contribution in [0, 0.1) is 5.92 Å². The standard InChI is InChI=1S/C16H25NO2/c1-3-19-15-6-4-13(5-7-15)16(12-18)14-8-10-17(2)11-9-14/h4-7,14,16,18H,3,8-12H2,1-2H3. The number of benzene rings is 1. The molecule has 1 aromatic rings. The van der Waals surface area contributed by atoms with Gasteiger partial charge >= 0.3 is 0 Å². The van der Waals surface area contributed by atoms with Gasteiger partial charge in [-0.15, -0.1) is 0 Å². The first-order valence-electron chi connectivity index (χ1n) is 7.26. The summed E-state index contributed by atoms with van der Waals surface area (Å²) in [5.74, 6) is 1.77. The van der Waals surface area contributed by atoms with Crippen LogP contribution in [0.1, 0.15) is 31.2 Å². The van der Waals surface area contributed by atoms with E-state index in [-0.39, 0.29) is 12.5 Å². The van der Waals surface area contributed by atoms with Crippen LogP contribution in [0.3, 0.4) is 0 Å². The highest BCUT2D eigenvalue weighted by Crippen LogP contribution is 2.32. The summed E-state index contributed by atoms with van der Waals surface area (Å²) in [4.78, 5) is 2.36. The molecule has 1 aliphatic rings. The molecule has 1 N–H and O–H groups in total. The van der Waals surface area contributed by atoms with Crippen molar-refractivity contribution in [3.05, 3.63) is 29.8 Å². The van der Waals surface area contributed by atoms with Gasteiger partial charge in [0.15, 0.2) is 0 Å². The Morgan fingerprint density at radius 3 is 2.42 bits per heavy atom. The number of rotatable bonds is 5. The Labute approximate surface area is 116 Å². The Morgan fingerprint density at radius 1 is 1.26 bits per heavy atom. The monoisotopic (exact) mass is 263 g/mol. The predicted molar refractivity (Wildman–Crippen MR) is 77.7 cm³/mol. The fourth-order valence-electron chi connectivity index (χ4n) is 2.94. The van der Waals surface area contributed by atoms with Crippen LogP contribution >= 0.6 is 0 Å². The molecule has 1 saturated heterocycles. The summed E-state index contributed by atoms with van der Waals surface area (Å²) >= 11 is 0. The summed E-state index contributed by atoms with van der Waals surface area (Å²) in [7, 11) is 2.17. The van der Waals surface area contributed by atoms with Gasteiger partial charge in [0, 0.05) is 5.92 Å². The van der Waals surface area contributed by atoms with Crippen LogP contribution in [0.15, 0.2) is 24.3 Å². The Kier molecular flexibility index (Phi) is 5.23. The zero-order valence-corrected chi connectivity index (χ0v) is 12.0. The molecule has 1 heterocycles. The number of aliphatic hydroxyl groups excluding tert-OH is 1. The van der Waals surface area contributed by atoms with E-state index < -0.39 is 0 Å². The van der Waals surface area contributed by atoms with Gasteiger partial charge in [0.05, 0.1) is 13.2 Å². The van der Waals surface area contributed by atoms with E-state index in [1.807, 2.05) is 19.1 Å². The van der Waals surface area contributed by atoms with Crippen LogP contribution in [0.4, 0.5) is 0 Å². The minimum absolute atomic E-state index is 0.238. The minimum atomic E-state index is 0.238. The van der Waals surface area contributed by atoms with E-state index in [2.05, 4.69) is 24.1 Å². The normalized spacial score (nSPS) is 19.3. The zero-order valence-electron chi connectivity index (χ0n) is 12.0. The van der Waals surface area contributed by atoms with E-state index in [0.29, 0.717) is 12.5 Å². The van der Waals surface area contributed by atoms with E-state index in [0.717, 1.165) is 18.8 Å². The Balaban J connectivity index is 2.04. The number of ether oxygens (including phenoxy) is 1. The lowest BCUT2D eigenvalue weighted by molar-refractivity contribution is 0.156. The Morgan fingerprint density at radius 2 is 1.89 bits per heavy atom. The summed E-state index contributed by atoms with van der Waals surface area (Å²) in [6.45, 7) is 5.19. The van der Waals surface area contributed by atoms with Crippen LogP contribution < -0.4 is 4.74 Å². The highest BCUT2D eigenvalue weighted by atomic mass is 16.5. The molecule has 1 aromatic carbocycles. The van der Waals surface area contributed by atoms with Crippen molar-refractivity contribution in [2.45, 2.75) is 25.7 Å². The number of hydrogen-bond donors (Lipinski definition) is 1. The van der Waals surface area contributed by atoms with Crippen molar-refractivity contribution in [3.63, 3.8) is 0 Å². The average Bonchev–Trinajstić information content (AvgIpc) is 2.44. The third-order valence-corrected chi connectivity index (χ3v) is 4.15. The maximum absolute atomic E-state index is 9.73. The predicted octanol–water partition coefficient (Wildman–Crippen LogP) is 2.50. The SMILES string of the molecule is CCOc1ccc(C(CO)C2CCN(C)CC2)cc1. The molecule has 0 aromatic heterocycles. The average molecular weight is 263 g/mol. The molecule has 0 aliphatic carbocycles. The molecular weight excluding hydrogens is 238 g/mol. The van der Waals surface area contributed by atoms with Crippen molar-refractivity contribution in [3.8, 4) is 5.75 Å². The van der Waals surface area contributed by atoms with Gasteiger partial charge in [-0.2, -0.15) is 0 Å². The molecule has 0 bridgehead atoms. The van der Waals surface area contributed by atoms with E-state index >= 15 is 0 Å². The van der Waals surface area contributed by atoms with Crippen molar-refractivity contribution >= 4 is 0 Å². The lowest BCUT2D eigenvalue weighted by Gasteiger charge is -2.33. The number of hydrogen-bond acceptors (Lipinski definition) is 3. The summed E-state index contributed by atoms with van der Waals surface area (Å²) in [6.07, 6.45) is 2.35. The van der Waals surface area contributed by atoms with Crippen LogP contribution in [0.2, 0.25) is 0 Å². The topological polar surface area (TPSA) is 32.7 Å². The summed E-state index contributed by atoms with van der Waals surface area (Å²) < 4.78 is 5.46. The van der Waals surface area contributed by atoms with E-state index in [1.54, 1.807) is 0 Å². The van der Waals surface area contributed by atoms with E-state index in [9.17, 15) is 5.11 Å². The molecule has 0 saturated carbocycles. The summed E-state index contributed by atoms with van der Waals surface area (Å²) in [6, 6.07) is 8.22. The first-order chi connectivity index (χ1) is 9.24. The number of aliphatic hydroxyl groups is 1. The van der Waals surface area contributed by atoms with Gasteiger partial charge in [-0.3, -0.25) is 0 Å². The summed E-state index contributed by atoms with van der Waals surface area (Å²) in [5.41, 5.74) is 1.24. The van der Waals surface area contributed by atoms with Gasteiger partial charge in [0.1, 0.15) is 5.75 Å².